The Bertz CT molecular complexity index is 461. The topological polar surface area (TPSA) is 63.7 Å². The first-order valence-corrected chi connectivity index (χ1v) is 5.21. The molecule has 0 spiro atoms. The Morgan fingerprint density at radius 2 is 2.33 bits per heavy atom. The maximum Gasteiger partial charge on any atom is 0.159 e. The Labute approximate surface area is 86.9 Å². The molecule has 2 aromatic heterocycles. The molecule has 78 valence electrons. The van der Waals surface area contributed by atoms with Gasteiger partial charge in [0.05, 0.1) is 11.6 Å². The van der Waals surface area contributed by atoms with E-state index in [1.165, 1.54) is 6.42 Å². The van der Waals surface area contributed by atoms with Crippen LogP contribution in [0.4, 0.5) is 0 Å². The number of aromatic nitrogens is 4. The third-order valence-electron chi connectivity index (χ3n) is 2.68. The molecule has 3 rings (SSSR count). The molecule has 1 aliphatic rings. The molecule has 5 heteroatoms. The Morgan fingerprint density at radius 3 is 3.20 bits per heavy atom. The number of rotatable bonds is 1. The zero-order valence-corrected chi connectivity index (χ0v) is 8.31. The fourth-order valence-electron chi connectivity index (χ4n) is 1.85. The van der Waals surface area contributed by atoms with Crippen molar-refractivity contribution >= 4 is 11.0 Å². The van der Waals surface area contributed by atoms with Crippen LogP contribution in [-0.2, 0) is 4.74 Å². The van der Waals surface area contributed by atoms with Crippen molar-refractivity contribution in [1.29, 1.82) is 0 Å². The van der Waals surface area contributed by atoms with Crippen LogP contribution in [-0.4, -0.2) is 26.8 Å². The minimum Gasteiger partial charge on any atom is -0.370 e. The summed E-state index contributed by atoms with van der Waals surface area (Å²) >= 11 is 0. The third-order valence-corrected chi connectivity index (χ3v) is 2.68. The number of fused-ring (bicyclic) bond motifs is 1. The van der Waals surface area contributed by atoms with Crippen molar-refractivity contribution < 1.29 is 4.74 Å². The van der Waals surface area contributed by atoms with Crippen LogP contribution in [0.1, 0.15) is 31.2 Å². The summed E-state index contributed by atoms with van der Waals surface area (Å²) in [7, 11) is 0. The van der Waals surface area contributed by atoms with Crippen LogP contribution in [0.5, 0.6) is 0 Å². The standard InChI is InChI=1S/C10H12N4O/c1-2-4-15-8(3-1)10-11-5-7-6-12-14-9(7)13-10/h5-6,8H,1-4H2,(H,11,12,13,14). The van der Waals surface area contributed by atoms with Crippen LogP contribution in [0, 0.1) is 0 Å². The highest BCUT2D eigenvalue weighted by Crippen LogP contribution is 2.25. The monoisotopic (exact) mass is 204 g/mol. The van der Waals surface area contributed by atoms with Crippen LogP contribution in [0.2, 0.25) is 0 Å². The Balaban J connectivity index is 1.95. The molecule has 0 amide bonds. The summed E-state index contributed by atoms with van der Waals surface area (Å²) in [4.78, 5) is 8.71. The fourth-order valence-corrected chi connectivity index (χ4v) is 1.85. The van der Waals surface area contributed by atoms with E-state index in [-0.39, 0.29) is 6.10 Å². The van der Waals surface area contributed by atoms with Crippen molar-refractivity contribution in [2.45, 2.75) is 25.4 Å². The number of ether oxygens (including phenoxy) is 1. The largest absolute Gasteiger partial charge is 0.370 e. The minimum atomic E-state index is 0.0615. The summed E-state index contributed by atoms with van der Waals surface area (Å²) in [6.45, 7) is 0.815. The van der Waals surface area contributed by atoms with Gasteiger partial charge in [-0.2, -0.15) is 5.10 Å². The van der Waals surface area contributed by atoms with Crippen molar-refractivity contribution in [3.05, 3.63) is 18.2 Å². The van der Waals surface area contributed by atoms with Crippen LogP contribution >= 0.6 is 0 Å². The van der Waals surface area contributed by atoms with E-state index in [2.05, 4.69) is 20.2 Å². The first kappa shape index (κ1) is 8.79. The zero-order chi connectivity index (χ0) is 10.1. The molecule has 1 atom stereocenters. The summed E-state index contributed by atoms with van der Waals surface area (Å²) < 4.78 is 5.63. The lowest BCUT2D eigenvalue weighted by Gasteiger charge is -2.20. The minimum absolute atomic E-state index is 0.0615. The van der Waals surface area contributed by atoms with Gasteiger partial charge in [-0.05, 0) is 19.3 Å². The van der Waals surface area contributed by atoms with E-state index in [0.717, 1.165) is 36.3 Å². The average molecular weight is 204 g/mol. The number of hydrogen-bond acceptors (Lipinski definition) is 4. The highest BCUT2D eigenvalue weighted by molar-refractivity contribution is 5.72. The van der Waals surface area contributed by atoms with Gasteiger partial charge in [-0.1, -0.05) is 0 Å². The van der Waals surface area contributed by atoms with E-state index < -0.39 is 0 Å². The molecule has 0 bridgehead atoms. The van der Waals surface area contributed by atoms with Crippen LogP contribution in [0.3, 0.4) is 0 Å². The highest BCUT2D eigenvalue weighted by atomic mass is 16.5. The van der Waals surface area contributed by atoms with Gasteiger partial charge in [0.1, 0.15) is 6.10 Å². The van der Waals surface area contributed by atoms with Crippen LogP contribution < -0.4 is 0 Å². The number of hydrogen-bond donors (Lipinski definition) is 1. The molecule has 1 fully saturated rings. The molecule has 15 heavy (non-hydrogen) atoms. The first-order chi connectivity index (χ1) is 7.43. The molecule has 0 saturated carbocycles. The molecule has 1 unspecified atom stereocenters. The number of nitrogens with one attached hydrogen (secondary N) is 1. The van der Waals surface area contributed by atoms with Crippen molar-refractivity contribution in [2.75, 3.05) is 6.61 Å². The van der Waals surface area contributed by atoms with Gasteiger partial charge in [-0.15, -0.1) is 0 Å². The van der Waals surface area contributed by atoms with Gasteiger partial charge in [0, 0.05) is 12.8 Å². The smallest absolute Gasteiger partial charge is 0.159 e. The van der Waals surface area contributed by atoms with E-state index in [1.807, 2.05) is 0 Å². The van der Waals surface area contributed by atoms with Gasteiger partial charge < -0.3 is 4.74 Å². The Morgan fingerprint density at radius 1 is 1.33 bits per heavy atom. The first-order valence-electron chi connectivity index (χ1n) is 5.21. The molecule has 0 aliphatic carbocycles. The molecular formula is C10H12N4O. The van der Waals surface area contributed by atoms with E-state index >= 15 is 0 Å². The van der Waals surface area contributed by atoms with Crippen LogP contribution in [0.15, 0.2) is 12.4 Å². The normalized spacial score (nSPS) is 22.0. The molecule has 0 radical (unpaired) electrons. The van der Waals surface area contributed by atoms with E-state index in [4.69, 9.17) is 4.74 Å². The summed E-state index contributed by atoms with van der Waals surface area (Å²) in [5.74, 6) is 0.770. The van der Waals surface area contributed by atoms with E-state index in [9.17, 15) is 0 Å². The molecule has 2 aromatic rings. The van der Waals surface area contributed by atoms with Crippen molar-refractivity contribution in [3.63, 3.8) is 0 Å². The second-order valence-corrected chi connectivity index (χ2v) is 3.76. The van der Waals surface area contributed by atoms with Gasteiger partial charge >= 0.3 is 0 Å². The Kier molecular flexibility index (Phi) is 2.10. The lowest BCUT2D eigenvalue weighted by atomic mass is 10.1. The lowest BCUT2D eigenvalue weighted by molar-refractivity contribution is 0.00964. The quantitative estimate of drug-likeness (QED) is 0.766. The molecule has 1 saturated heterocycles. The van der Waals surface area contributed by atoms with Crippen molar-refractivity contribution in [3.8, 4) is 0 Å². The molecule has 1 aliphatic heterocycles. The molecule has 3 heterocycles. The molecule has 0 aromatic carbocycles. The van der Waals surface area contributed by atoms with Crippen molar-refractivity contribution in [2.24, 2.45) is 0 Å². The number of H-pyrrole nitrogens is 1. The van der Waals surface area contributed by atoms with E-state index in [1.54, 1.807) is 12.4 Å². The average Bonchev–Trinajstić information content (AvgIpc) is 2.77. The SMILES string of the molecule is c1n[nH]c2nc(C3CCCCO3)ncc12. The third kappa shape index (κ3) is 1.59. The Hall–Kier alpha value is -1.49. The highest BCUT2D eigenvalue weighted by Gasteiger charge is 2.19. The fraction of sp³-hybridized carbons (Fsp3) is 0.500. The van der Waals surface area contributed by atoms with Gasteiger partial charge in [0.25, 0.3) is 0 Å². The maximum atomic E-state index is 5.63. The second-order valence-electron chi connectivity index (χ2n) is 3.76. The van der Waals surface area contributed by atoms with Crippen molar-refractivity contribution in [1.82, 2.24) is 20.2 Å². The number of aromatic amines is 1. The maximum absolute atomic E-state index is 5.63. The zero-order valence-electron chi connectivity index (χ0n) is 8.31. The molecular weight excluding hydrogens is 192 g/mol. The van der Waals surface area contributed by atoms with Gasteiger partial charge in [-0.3, -0.25) is 5.10 Å². The van der Waals surface area contributed by atoms with Gasteiger partial charge in [0.2, 0.25) is 0 Å². The van der Waals surface area contributed by atoms with E-state index in [0.29, 0.717) is 0 Å². The van der Waals surface area contributed by atoms with Gasteiger partial charge in [0.15, 0.2) is 11.5 Å². The predicted octanol–water partition coefficient (Wildman–Crippen LogP) is 1.59. The molecule has 5 nitrogen and oxygen atoms in total. The van der Waals surface area contributed by atoms with Gasteiger partial charge in [-0.25, -0.2) is 9.97 Å². The number of nitrogens with zero attached hydrogens (tertiary/aromatic N) is 3. The summed E-state index contributed by atoms with van der Waals surface area (Å²) in [6, 6.07) is 0. The molecule has 1 N–H and O–H groups in total. The second kappa shape index (κ2) is 3.58. The predicted molar refractivity (Wildman–Crippen MR) is 54.2 cm³/mol. The summed E-state index contributed by atoms with van der Waals surface area (Å²) in [5, 5.41) is 7.70. The summed E-state index contributed by atoms with van der Waals surface area (Å²) in [6.07, 6.45) is 6.92. The van der Waals surface area contributed by atoms with Crippen LogP contribution in [0.25, 0.3) is 11.0 Å². The summed E-state index contributed by atoms with van der Waals surface area (Å²) in [5.41, 5.74) is 0.786. The lowest BCUT2D eigenvalue weighted by Crippen LogP contribution is -2.14.